The second kappa shape index (κ2) is 70.7. The van der Waals surface area contributed by atoms with Crippen molar-refractivity contribution in [2.45, 2.75) is 432 Å². The number of phosphoric ester groups is 2. The van der Waals surface area contributed by atoms with Gasteiger partial charge >= 0.3 is 39.5 Å². The molecule has 0 aliphatic carbocycles. The largest absolute Gasteiger partial charge is 0.472 e. The number of unbranched alkanes of at least 4 members (excludes halogenated alkanes) is 47. The standard InChI is InChI=1S/C79H154O17P2/c1-7-10-12-14-16-18-20-22-24-29-32-36-43-49-55-61-76(81)89-67-74(95-79(84)64-58-52-46-38-34-30-26-23-25-28-31-35-41-47-53-59-71(4)5)69-93-97(85,86)91-65-73(80)66-92-98(87,88)94-70-75(68-90-77(82)62-56-50-44-40-39-42-48-54-60-72(6)9-3)96-78(83)63-57-51-45-37-33-27-21-19-17-15-13-11-8-2/h71-75,80H,7-70H2,1-6H3,(H,85,86)(H,87,88)/t72?,73-,74-,75-/m1/s1. The van der Waals surface area contributed by atoms with Crippen LogP contribution in [0.3, 0.4) is 0 Å². The lowest BCUT2D eigenvalue weighted by Gasteiger charge is -2.21. The van der Waals surface area contributed by atoms with Gasteiger partial charge in [-0.3, -0.25) is 37.3 Å². The van der Waals surface area contributed by atoms with Crippen molar-refractivity contribution in [2.24, 2.45) is 11.8 Å². The van der Waals surface area contributed by atoms with Gasteiger partial charge in [0, 0.05) is 25.7 Å². The maximum absolute atomic E-state index is 13.1. The van der Waals surface area contributed by atoms with Crippen LogP contribution < -0.4 is 0 Å². The summed E-state index contributed by atoms with van der Waals surface area (Å²) in [5, 5.41) is 10.6. The molecule has 0 rings (SSSR count). The third kappa shape index (κ3) is 71.1. The molecule has 0 spiro atoms. The molecule has 0 amide bonds. The molecule has 0 radical (unpaired) electrons. The minimum Gasteiger partial charge on any atom is -0.462 e. The fourth-order valence-electron chi connectivity index (χ4n) is 12.2. The van der Waals surface area contributed by atoms with Crippen LogP contribution in [-0.2, 0) is 65.4 Å². The van der Waals surface area contributed by atoms with Crippen LogP contribution in [0.25, 0.3) is 0 Å². The van der Waals surface area contributed by atoms with E-state index >= 15 is 0 Å². The molecule has 98 heavy (non-hydrogen) atoms. The zero-order valence-corrected chi connectivity index (χ0v) is 65.9. The maximum atomic E-state index is 13.1. The molecular formula is C79H154O17P2. The summed E-state index contributed by atoms with van der Waals surface area (Å²) in [5.41, 5.74) is 0. The van der Waals surface area contributed by atoms with Crippen LogP contribution in [0.2, 0.25) is 0 Å². The molecular weight excluding hydrogens is 1280 g/mol. The Balaban J connectivity index is 5.26. The topological polar surface area (TPSA) is 237 Å². The number of aliphatic hydroxyl groups is 1. The Morgan fingerprint density at radius 3 is 0.776 bits per heavy atom. The van der Waals surface area contributed by atoms with E-state index in [0.29, 0.717) is 25.7 Å². The maximum Gasteiger partial charge on any atom is 0.472 e. The van der Waals surface area contributed by atoms with E-state index in [9.17, 15) is 43.2 Å². The zero-order chi connectivity index (χ0) is 72.1. The highest BCUT2D eigenvalue weighted by Gasteiger charge is 2.30. The summed E-state index contributed by atoms with van der Waals surface area (Å²) >= 11 is 0. The second-order valence-corrected chi connectivity index (χ2v) is 32.1. The molecule has 3 N–H and O–H groups in total. The minimum atomic E-state index is -4.96. The average Bonchev–Trinajstić information content (AvgIpc) is 0.969. The average molecular weight is 1440 g/mol. The molecule has 0 aromatic carbocycles. The van der Waals surface area contributed by atoms with Gasteiger partial charge in [0.25, 0.3) is 0 Å². The number of hydrogen-bond donors (Lipinski definition) is 3. The van der Waals surface area contributed by atoms with Gasteiger partial charge in [-0.05, 0) is 37.5 Å². The van der Waals surface area contributed by atoms with Crippen molar-refractivity contribution in [3.05, 3.63) is 0 Å². The van der Waals surface area contributed by atoms with E-state index in [1.807, 2.05) is 0 Å². The SMILES string of the molecule is CCCCCCCCCCCCCCCCCC(=O)OC[C@H](COP(=O)(O)OC[C@@H](O)COP(=O)(O)OC[C@@H](COC(=O)CCCCCCCCCCC(C)CC)OC(=O)CCCCCCCCCCCCCCC)OC(=O)CCCCCCCCCCCCCCCCCC(C)C. The Morgan fingerprint density at radius 2 is 0.520 bits per heavy atom. The number of aliphatic hydroxyl groups excluding tert-OH is 1. The highest BCUT2D eigenvalue weighted by Crippen LogP contribution is 2.45. The molecule has 0 aromatic rings. The summed E-state index contributed by atoms with van der Waals surface area (Å²) in [7, 11) is -9.92. The van der Waals surface area contributed by atoms with Crippen molar-refractivity contribution in [1.82, 2.24) is 0 Å². The predicted octanol–water partition coefficient (Wildman–Crippen LogP) is 23.5. The Morgan fingerprint density at radius 1 is 0.296 bits per heavy atom. The number of hydrogen-bond acceptors (Lipinski definition) is 15. The number of rotatable bonds is 78. The van der Waals surface area contributed by atoms with Crippen LogP contribution in [-0.4, -0.2) is 96.7 Å². The molecule has 0 aliphatic rings. The van der Waals surface area contributed by atoms with Crippen molar-refractivity contribution in [2.75, 3.05) is 39.6 Å². The fraction of sp³-hybridized carbons (Fsp3) is 0.949. The summed E-state index contributed by atoms with van der Waals surface area (Å²) in [6.07, 6.45) is 59.4. The van der Waals surface area contributed by atoms with E-state index in [4.69, 9.17) is 37.0 Å². The Kier molecular flexibility index (Phi) is 69.3. The Hall–Kier alpha value is -1.94. The van der Waals surface area contributed by atoms with Crippen LogP contribution in [0.5, 0.6) is 0 Å². The quantitative estimate of drug-likeness (QED) is 0.0222. The molecule has 0 heterocycles. The number of esters is 4. The zero-order valence-electron chi connectivity index (χ0n) is 64.1. The fourth-order valence-corrected chi connectivity index (χ4v) is 13.7. The lowest BCUT2D eigenvalue weighted by atomic mass is 9.99. The molecule has 0 aromatic heterocycles. The first-order valence-corrected chi connectivity index (χ1v) is 44.0. The highest BCUT2D eigenvalue weighted by atomic mass is 31.2. The van der Waals surface area contributed by atoms with E-state index in [0.717, 1.165) is 102 Å². The summed E-state index contributed by atoms with van der Waals surface area (Å²) in [6.45, 7) is 9.66. The Labute approximate surface area is 600 Å². The number of carbonyl (C=O) groups excluding carboxylic acids is 4. The smallest absolute Gasteiger partial charge is 0.462 e. The van der Waals surface area contributed by atoms with Crippen LogP contribution in [0.15, 0.2) is 0 Å². The molecule has 0 saturated carbocycles. The normalized spacial score (nSPS) is 14.2. The molecule has 6 atom stereocenters. The van der Waals surface area contributed by atoms with Crippen molar-refractivity contribution in [3.8, 4) is 0 Å². The molecule has 582 valence electrons. The van der Waals surface area contributed by atoms with Crippen LogP contribution in [0.1, 0.15) is 414 Å². The molecule has 0 aliphatic heterocycles. The summed E-state index contributed by atoms with van der Waals surface area (Å²) in [5.74, 6) is -0.528. The lowest BCUT2D eigenvalue weighted by Crippen LogP contribution is -2.30. The van der Waals surface area contributed by atoms with Gasteiger partial charge in [0.2, 0.25) is 0 Å². The number of ether oxygens (including phenoxy) is 4. The van der Waals surface area contributed by atoms with Crippen LogP contribution in [0.4, 0.5) is 0 Å². The van der Waals surface area contributed by atoms with Gasteiger partial charge in [-0.15, -0.1) is 0 Å². The monoisotopic (exact) mass is 1440 g/mol. The summed E-state index contributed by atoms with van der Waals surface area (Å²) in [6, 6.07) is 0. The van der Waals surface area contributed by atoms with Gasteiger partial charge in [0.1, 0.15) is 19.3 Å². The third-order valence-corrected chi connectivity index (χ3v) is 20.7. The second-order valence-electron chi connectivity index (χ2n) is 29.2. The van der Waals surface area contributed by atoms with Gasteiger partial charge in [0.15, 0.2) is 12.2 Å². The van der Waals surface area contributed by atoms with Crippen LogP contribution in [0, 0.1) is 11.8 Å². The van der Waals surface area contributed by atoms with Crippen molar-refractivity contribution in [3.63, 3.8) is 0 Å². The van der Waals surface area contributed by atoms with E-state index in [1.165, 1.54) is 231 Å². The molecule has 0 bridgehead atoms. The Bertz CT molecular complexity index is 1890. The van der Waals surface area contributed by atoms with Gasteiger partial charge in [-0.1, -0.05) is 363 Å². The summed E-state index contributed by atoms with van der Waals surface area (Å²) < 4.78 is 68.7. The van der Waals surface area contributed by atoms with Crippen LogP contribution >= 0.6 is 15.6 Å². The molecule has 19 heteroatoms. The van der Waals surface area contributed by atoms with Crippen molar-refractivity contribution in [1.29, 1.82) is 0 Å². The first kappa shape index (κ1) is 96.1. The molecule has 3 unspecified atom stereocenters. The molecule has 0 fully saturated rings. The van der Waals surface area contributed by atoms with Gasteiger partial charge < -0.3 is 33.8 Å². The van der Waals surface area contributed by atoms with E-state index < -0.39 is 97.5 Å². The first-order chi connectivity index (χ1) is 47.4. The van der Waals surface area contributed by atoms with Gasteiger partial charge in [-0.2, -0.15) is 0 Å². The van der Waals surface area contributed by atoms with Crippen molar-refractivity contribution < 1.29 is 80.2 Å². The third-order valence-electron chi connectivity index (χ3n) is 18.8. The highest BCUT2D eigenvalue weighted by molar-refractivity contribution is 7.47. The van der Waals surface area contributed by atoms with E-state index in [2.05, 4.69) is 41.5 Å². The molecule has 0 saturated heterocycles. The van der Waals surface area contributed by atoms with Gasteiger partial charge in [-0.25, -0.2) is 9.13 Å². The first-order valence-electron chi connectivity index (χ1n) is 41.0. The van der Waals surface area contributed by atoms with E-state index in [-0.39, 0.29) is 25.7 Å². The predicted molar refractivity (Wildman–Crippen MR) is 400 cm³/mol. The number of phosphoric acid groups is 2. The van der Waals surface area contributed by atoms with Crippen molar-refractivity contribution >= 4 is 39.5 Å². The minimum absolute atomic E-state index is 0.107. The molecule has 17 nitrogen and oxygen atoms in total. The lowest BCUT2D eigenvalue weighted by molar-refractivity contribution is -0.161. The van der Waals surface area contributed by atoms with Gasteiger partial charge in [0.05, 0.1) is 26.4 Å². The van der Waals surface area contributed by atoms with E-state index in [1.54, 1.807) is 0 Å². The summed E-state index contributed by atoms with van der Waals surface area (Å²) in [4.78, 5) is 73.0. The number of carbonyl (C=O) groups is 4.